The van der Waals surface area contributed by atoms with Crippen LogP contribution in [-0.4, -0.2) is 15.0 Å². The van der Waals surface area contributed by atoms with Gasteiger partial charge in [0.1, 0.15) is 17.1 Å². The fourth-order valence-electron chi connectivity index (χ4n) is 3.26. The molecular weight excluding hydrogens is 405 g/mol. The number of hydrogen-bond donors (Lipinski definition) is 1. The van der Waals surface area contributed by atoms with Gasteiger partial charge in [0.2, 0.25) is 5.91 Å². The van der Waals surface area contributed by atoms with Gasteiger partial charge in [0.15, 0.2) is 0 Å². The van der Waals surface area contributed by atoms with Gasteiger partial charge >= 0.3 is 5.69 Å². The summed E-state index contributed by atoms with van der Waals surface area (Å²) < 4.78 is 15.9. The van der Waals surface area contributed by atoms with E-state index in [1.165, 1.54) is 40.2 Å². The minimum absolute atomic E-state index is 0.00865. The number of amides is 1. The lowest BCUT2D eigenvalue weighted by atomic mass is 10.2. The van der Waals surface area contributed by atoms with Crippen LogP contribution in [0.1, 0.15) is 11.1 Å². The first-order chi connectivity index (χ1) is 14.4. The van der Waals surface area contributed by atoms with Gasteiger partial charge in [-0.25, -0.2) is 9.18 Å². The number of rotatable bonds is 5. The summed E-state index contributed by atoms with van der Waals surface area (Å²) in [5.41, 5.74) is 1.65. The minimum Gasteiger partial charge on any atom is -0.325 e. The van der Waals surface area contributed by atoms with Crippen molar-refractivity contribution in [3.63, 3.8) is 0 Å². The number of nitrogens with one attached hydrogen (secondary N) is 1. The molecule has 1 N–H and O–H groups in total. The third-order valence-corrected chi connectivity index (χ3v) is 5.59. The normalized spacial score (nSPS) is 11.0. The summed E-state index contributed by atoms with van der Waals surface area (Å²) in [5, 5.41) is 4.49. The number of benzene rings is 2. The van der Waals surface area contributed by atoms with E-state index in [1.807, 2.05) is 25.1 Å². The van der Waals surface area contributed by atoms with Crippen molar-refractivity contribution in [1.82, 2.24) is 9.13 Å². The van der Waals surface area contributed by atoms with Gasteiger partial charge in [-0.05, 0) is 53.8 Å². The Bertz CT molecular complexity index is 1350. The fourth-order valence-corrected chi connectivity index (χ4v) is 4.11. The number of fused-ring (bicyclic) bond motifs is 1. The van der Waals surface area contributed by atoms with E-state index >= 15 is 0 Å². The Labute approximate surface area is 174 Å². The average molecular weight is 423 g/mol. The van der Waals surface area contributed by atoms with Gasteiger partial charge in [-0.1, -0.05) is 24.3 Å². The van der Waals surface area contributed by atoms with Crippen LogP contribution >= 0.6 is 11.3 Å². The molecule has 2 aromatic carbocycles. The minimum atomic E-state index is -0.588. The van der Waals surface area contributed by atoms with Crippen LogP contribution in [0.4, 0.5) is 10.1 Å². The van der Waals surface area contributed by atoms with E-state index in [-0.39, 0.29) is 19.0 Å². The Hall–Kier alpha value is -3.52. The van der Waals surface area contributed by atoms with Crippen LogP contribution in [0.25, 0.3) is 10.2 Å². The molecule has 0 unspecified atom stereocenters. The molecule has 2 heterocycles. The number of thiophene rings is 1. The predicted molar refractivity (Wildman–Crippen MR) is 116 cm³/mol. The van der Waals surface area contributed by atoms with Gasteiger partial charge in [-0.15, -0.1) is 11.3 Å². The quantitative estimate of drug-likeness (QED) is 0.535. The highest BCUT2D eigenvalue weighted by atomic mass is 32.1. The maximum Gasteiger partial charge on any atom is 0.332 e. The van der Waals surface area contributed by atoms with Crippen LogP contribution in [0.2, 0.25) is 0 Å². The van der Waals surface area contributed by atoms with E-state index in [0.717, 1.165) is 10.1 Å². The van der Waals surface area contributed by atoms with E-state index < -0.39 is 17.1 Å². The number of carbonyl (C=O) groups is 1. The molecular formula is C22H18FN3O3S. The van der Waals surface area contributed by atoms with Crippen LogP contribution in [0, 0.1) is 12.7 Å². The smallest absolute Gasteiger partial charge is 0.325 e. The first kappa shape index (κ1) is 19.8. The highest BCUT2D eigenvalue weighted by molar-refractivity contribution is 7.17. The predicted octanol–water partition coefficient (Wildman–Crippen LogP) is 3.36. The molecule has 0 saturated carbocycles. The molecule has 4 aromatic rings. The third kappa shape index (κ3) is 3.95. The van der Waals surface area contributed by atoms with Gasteiger partial charge in [0.25, 0.3) is 5.56 Å². The summed E-state index contributed by atoms with van der Waals surface area (Å²) in [7, 11) is 0. The number of carbonyl (C=O) groups excluding carboxylic acids is 1. The summed E-state index contributed by atoms with van der Waals surface area (Å²) in [6.45, 7) is 1.68. The second kappa shape index (κ2) is 8.08. The Balaban J connectivity index is 1.71. The largest absolute Gasteiger partial charge is 0.332 e. The van der Waals surface area contributed by atoms with E-state index in [1.54, 1.807) is 17.5 Å². The Kier molecular flexibility index (Phi) is 5.33. The molecule has 0 spiro atoms. The lowest BCUT2D eigenvalue weighted by molar-refractivity contribution is -0.116. The maximum absolute atomic E-state index is 13.2. The Morgan fingerprint density at radius 1 is 1.07 bits per heavy atom. The monoisotopic (exact) mass is 423 g/mol. The standard InChI is InChI=1S/C22H18FN3O3S/c1-14-3-2-4-17(11-14)24-19(27)13-25-18-9-10-30-20(18)21(28)26(22(25)29)12-15-5-7-16(23)8-6-15/h2-11H,12-13H2,1H3,(H,24,27). The van der Waals surface area contributed by atoms with Gasteiger partial charge in [0, 0.05) is 5.69 Å². The van der Waals surface area contributed by atoms with Crippen molar-refractivity contribution in [2.75, 3.05) is 5.32 Å². The molecule has 0 aliphatic rings. The Morgan fingerprint density at radius 3 is 2.57 bits per heavy atom. The van der Waals surface area contributed by atoms with Crippen LogP contribution in [-0.2, 0) is 17.9 Å². The van der Waals surface area contributed by atoms with Crippen LogP contribution < -0.4 is 16.6 Å². The Morgan fingerprint density at radius 2 is 1.83 bits per heavy atom. The van der Waals surface area contributed by atoms with Gasteiger partial charge < -0.3 is 5.32 Å². The van der Waals surface area contributed by atoms with Crippen molar-refractivity contribution in [2.24, 2.45) is 0 Å². The number of halogens is 1. The first-order valence-electron chi connectivity index (χ1n) is 9.24. The summed E-state index contributed by atoms with van der Waals surface area (Å²) in [4.78, 5) is 38.5. The topological polar surface area (TPSA) is 73.1 Å². The SMILES string of the molecule is Cc1cccc(NC(=O)Cn2c(=O)n(Cc3ccc(F)cc3)c(=O)c3sccc32)c1. The number of nitrogens with zero attached hydrogens (tertiary/aromatic N) is 2. The molecule has 1 amide bonds. The zero-order valence-corrected chi connectivity index (χ0v) is 16.9. The second-order valence-corrected chi connectivity index (χ2v) is 7.86. The van der Waals surface area contributed by atoms with E-state index in [4.69, 9.17) is 0 Å². The van der Waals surface area contributed by atoms with Crippen molar-refractivity contribution in [1.29, 1.82) is 0 Å². The summed E-state index contributed by atoms with van der Waals surface area (Å²) in [6, 6.07) is 14.6. The van der Waals surface area contributed by atoms with Crippen molar-refractivity contribution in [3.05, 3.63) is 97.8 Å². The number of aromatic nitrogens is 2. The maximum atomic E-state index is 13.2. The molecule has 8 heteroatoms. The molecule has 0 fully saturated rings. The zero-order chi connectivity index (χ0) is 21.3. The van der Waals surface area contributed by atoms with E-state index in [2.05, 4.69) is 5.32 Å². The van der Waals surface area contributed by atoms with Crippen LogP contribution in [0.15, 0.2) is 69.6 Å². The fraction of sp³-hybridized carbons (Fsp3) is 0.136. The second-order valence-electron chi connectivity index (χ2n) is 6.94. The van der Waals surface area contributed by atoms with Gasteiger partial charge in [-0.2, -0.15) is 0 Å². The van der Waals surface area contributed by atoms with Crippen molar-refractivity contribution in [2.45, 2.75) is 20.0 Å². The molecule has 4 rings (SSSR count). The highest BCUT2D eigenvalue weighted by Crippen LogP contribution is 2.16. The molecule has 152 valence electrons. The van der Waals surface area contributed by atoms with E-state index in [0.29, 0.717) is 21.5 Å². The third-order valence-electron chi connectivity index (χ3n) is 4.69. The molecule has 6 nitrogen and oxygen atoms in total. The molecule has 30 heavy (non-hydrogen) atoms. The van der Waals surface area contributed by atoms with Crippen LogP contribution in [0.5, 0.6) is 0 Å². The highest BCUT2D eigenvalue weighted by Gasteiger charge is 2.17. The number of hydrogen-bond acceptors (Lipinski definition) is 4. The molecule has 0 aliphatic carbocycles. The van der Waals surface area contributed by atoms with Gasteiger partial charge in [0.05, 0.1) is 12.1 Å². The van der Waals surface area contributed by atoms with E-state index in [9.17, 15) is 18.8 Å². The van der Waals surface area contributed by atoms with Crippen molar-refractivity contribution < 1.29 is 9.18 Å². The molecule has 2 aromatic heterocycles. The van der Waals surface area contributed by atoms with Crippen molar-refractivity contribution in [3.8, 4) is 0 Å². The van der Waals surface area contributed by atoms with Crippen LogP contribution in [0.3, 0.4) is 0 Å². The summed E-state index contributed by atoms with van der Waals surface area (Å²) in [6.07, 6.45) is 0. The van der Waals surface area contributed by atoms with Crippen molar-refractivity contribution >= 4 is 33.1 Å². The number of aryl methyl sites for hydroxylation is 1. The zero-order valence-electron chi connectivity index (χ0n) is 16.1. The molecule has 0 atom stereocenters. The average Bonchev–Trinajstić information content (AvgIpc) is 3.20. The first-order valence-corrected chi connectivity index (χ1v) is 10.1. The molecule has 0 saturated heterocycles. The lowest BCUT2D eigenvalue weighted by Gasteiger charge is -2.13. The van der Waals surface area contributed by atoms with Gasteiger partial charge in [-0.3, -0.25) is 18.7 Å². The number of anilines is 1. The molecule has 0 bridgehead atoms. The summed E-state index contributed by atoms with van der Waals surface area (Å²) >= 11 is 1.21. The molecule has 0 aliphatic heterocycles. The molecule has 0 radical (unpaired) electrons. The summed E-state index contributed by atoms with van der Waals surface area (Å²) in [5.74, 6) is -0.771. The lowest BCUT2D eigenvalue weighted by Crippen LogP contribution is -2.41.